The molecule has 2 heteroatoms. The molecule has 4 aromatic carbocycles. The number of aromatic nitrogens is 1. The summed E-state index contributed by atoms with van der Waals surface area (Å²) in [6.45, 7) is 2.16. The average Bonchev–Trinajstić information content (AvgIpc) is 3.12. The van der Waals surface area contributed by atoms with Crippen LogP contribution >= 0.6 is 0 Å². The zero-order valence-electron chi connectivity index (χ0n) is 16.4. The predicted molar refractivity (Wildman–Crippen MR) is 120 cm³/mol. The van der Waals surface area contributed by atoms with Gasteiger partial charge in [-0.3, -0.25) is 0 Å². The summed E-state index contributed by atoms with van der Waals surface area (Å²) in [6, 6.07) is 27.9. The molecule has 0 amide bonds. The molecule has 2 nitrogen and oxygen atoms in total. The maximum Gasteiger partial charge on any atom is 0.216 e. The summed E-state index contributed by atoms with van der Waals surface area (Å²) >= 11 is 0. The molecule has 0 atom stereocenters. The number of pyridine rings is 1. The summed E-state index contributed by atoms with van der Waals surface area (Å²) in [7, 11) is 2.11. The fourth-order valence-electron chi connectivity index (χ4n) is 4.56. The number of nitrogens with zero attached hydrogens (tertiary/aromatic N) is 1. The van der Waals surface area contributed by atoms with Crippen LogP contribution in [0.2, 0.25) is 0 Å². The lowest BCUT2D eigenvalue weighted by Gasteiger charge is -2.07. The molecule has 0 N–H and O–H groups in total. The highest BCUT2D eigenvalue weighted by atomic mass is 16.3. The van der Waals surface area contributed by atoms with Gasteiger partial charge in [0.05, 0.1) is 5.56 Å². The molecular formula is C27H20NO+. The standard InChI is InChI=1S/C27H20NO/c1-17-11-13-22-26-21-10-6-5-7-18(21)12-14-24(26)29-27(22)25(17)23-15-19-8-3-4-9-20(19)16-28(23)2/h3-16H,1-2H3/q+1. The molecule has 0 aliphatic heterocycles. The second-order valence-corrected chi connectivity index (χ2v) is 7.79. The first-order chi connectivity index (χ1) is 14.2. The van der Waals surface area contributed by atoms with Crippen LogP contribution in [-0.2, 0) is 7.05 Å². The zero-order chi connectivity index (χ0) is 19.5. The first-order valence-electron chi connectivity index (χ1n) is 9.93. The number of rotatable bonds is 1. The van der Waals surface area contributed by atoms with Gasteiger partial charge < -0.3 is 4.42 Å². The Morgan fingerprint density at radius 2 is 1.48 bits per heavy atom. The lowest BCUT2D eigenvalue weighted by molar-refractivity contribution is -0.659. The SMILES string of the molecule is Cc1ccc2c(oc3ccc4ccccc4c32)c1-c1cc2ccccc2c[n+]1C. The molecule has 6 aromatic rings. The molecule has 0 aliphatic rings. The van der Waals surface area contributed by atoms with Crippen molar-refractivity contribution in [3.63, 3.8) is 0 Å². The van der Waals surface area contributed by atoms with Crippen molar-refractivity contribution in [2.75, 3.05) is 0 Å². The largest absolute Gasteiger partial charge is 0.455 e. The molecule has 29 heavy (non-hydrogen) atoms. The Hall–Kier alpha value is -3.65. The lowest BCUT2D eigenvalue weighted by Crippen LogP contribution is -2.30. The highest BCUT2D eigenvalue weighted by Gasteiger charge is 2.22. The number of hydrogen-bond donors (Lipinski definition) is 0. The second kappa shape index (κ2) is 5.92. The number of aryl methyl sites for hydroxylation is 2. The minimum absolute atomic E-state index is 0.939. The van der Waals surface area contributed by atoms with Crippen molar-refractivity contribution in [3.05, 3.63) is 90.6 Å². The van der Waals surface area contributed by atoms with E-state index in [-0.39, 0.29) is 0 Å². The molecule has 138 valence electrons. The van der Waals surface area contributed by atoms with Crippen molar-refractivity contribution in [2.24, 2.45) is 7.05 Å². The zero-order valence-corrected chi connectivity index (χ0v) is 16.4. The number of benzene rings is 4. The Balaban J connectivity index is 1.76. The molecule has 0 fully saturated rings. The summed E-state index contributed by atoms with van der Waals surface area (Å²) in [5.41, 5.74) is 5.44. The molecule has 0 radical (unpaired) electrons. The van der Waals surface area contributed by atoms with E-state index < -0.39 is 0 Å². The van der Waals surface area contributed by atoms with Crippen LogP contribution in [0.5, 0.6) is 0 Å². The molecule has 0 spiro atoms. The molecule has 0 unspecified atom stereocenters. The van der Waals surface area contributed by atoms with Gasteiger partial charge in [0.25, 0.3) is 0 Å². The topological polar surface area (TPSA) is 17.0 Å². The van der Waals surface area contributed by atoms with Gasteiger partial charge in [-0.1, -0.05) is 60.7 Å². The third-order valence-electron chi connectivity index (χ3n) is 6.00. The van der Waals surface area contributed by atoms with Gasteiger partial charge in [-0.15, -0.1) is 0 Å². The highest BCUT2D eigenvalue weighted by Crippen LogP contribution is 2.40. The summed E-state index contributed by atoms with van der Waals surface area (Å²) < 4.78 is 8.68. The van der Waals surface area contributed by atoms with E-state index in [2.05, 4.69) is 104 Å². The van der Waals surface area contributed by atoms with Crippen molar-refractivity contribution in [3.8, 4) is 11.3 Å². The summed E-state index contributed by atoms with van der Waals surface area (Å²) in [5, 5.41) is 7.31. The van der Waals surface area contributed by atoms with E-state index >= 15 is 0 Å². The summed E-state index contributed by atoms with van der Waals surface area (Å²) in [5.74, 6) is 0. The van der Waals surface area contributed by atoms with Crippen LogP contribution in [0.3, 0.4) is 0 Å². The first-order valence-corrected chi connectivity index (χ1v) is 9.93. The Kier molecular flexibility index (Phi) is 3.33. The van der Waals surface area contributed by atoms with Gasteiger partial charge in [0.2, 0.25) is 5.69 Å². The van der Waals surface area contributed by atoms with Gasteiger partial charge in [-0.05, 0) is 40.8 Å². The van der Waals surface area contributed by atoms with E-state index in [4.69, 9.17) is 4.42 Å². The maximum atomic E-state index is 6.48. The van der Waals surface area contributed by atoms with E-state index in [0.29, 0.717) is 0 Å². The van der Waals surface area contributed by atoms with E-state index in [9.17, 15) is 0 Å². The molecule has 2 aromatic heterocycles. The monoisotopic (exact) mass is 374 g/mol. The first kappa shape index (κ1) is 16.3. The molecule has 0 bridgehead atoms. The summed E-state index contributed by atoms with van der Waals surface area (Å²) in [6.07, 6.45) is 2.20. The number of furan rings is 1. The van der Waals surface area contributed by atoms with Gasteiger partial charge in [0.15, 0.2) is 6.20 Å². The number of hydrogen-bond acceptors (Lipinski definition) is 1. The van der Waals surface area contributed by atoms with Crippen LogP contribution in [0.25, 0.3) is 54.7 Å². The van der Waals surface area contributed by atoms with Crippen molar-refractivity contribution in [1.82, 2.24) is 0 Å². The van der Waals surface area contributed by atoms with Crippen LogP contribution in [0, 0.1) is 6.92 Å². The molecule has 2 heterocycles. The Bertz CT molecular complexity index is 1570. The van der Waals surface area contributed by atoms with Crippen LogP contribution in [0.4, 0.5) is 0 Å². The molecular weight excluding hydrogens is 354 g/mol. The van der Waals surface area contributed by atoms with Crippen molar-refractivity contribution < 1.29 is 8.98 Å². The van der Waals surface area contributed by atoms with Crippen molar-refractivity contribution in [2.45, 2.75) is 6.92 Å². The smallest absolute Gasteiger partial charge is 0.216 e. The lowest BCUT2D eigenvalue weighted by atomic mass is 9.98. The Morgan fingerprint density at radius 3 is 2.34 bits per heavy atom. The average molecular weight is 374 g/mol. The van der Waals surface area contributed by atoms with Gasteiger partial charge >= 0.3 is 0 Å². The minimum Gasteiger partial charge on any atom is -0.455 e. The Morgan fingerprint density at radius 1 is 0.724 bits per heavy atom. The van der Waals surface area contributed by atoms with Crippen LogP contribution in [-0.4, -0.2) is 0 Å². The minimum atomic E-state index is 0.939. The fraction of sp³-hybridized carbons (Fsp3) is 0.0741. The third kappa shape index (κ3) is 2.32. The molecule has 6 rings (SSSR count). The third-order valence-corrected chi connectivity index (χ3v) is 6.00. The van der Waals surface area contributed by atoms with Gasteiger partial charge in [0.1, 0.15) is 18.2 Å². The van der Waals surface area contributed by atoms with E-state index in [1.807, 2.05) is 0 Å². The van der Waals surface area contributed by atoms with Crippen LogP contribution < -0.4 is 4.57 Å². The van der Waals surface area contributed by atoms with E-state index in [1.54, 1.807) is 0 Å². The predicted octanol–water partition coefficient (Wildman–Crippen LogP) is 6.69. The van der Waals surface area contributed by atoms with E-state index in [0.717, 1.165) is 22.4 Å². The quantitative estimate of drug-likeness (QED) is 0.293. The molecule has 0 aliphatic carbocycles. The molecule has 0 saturated heterocycles. The van der Waals surface area contributed by atoms with Gasteiger partial charge in [-0.25, -0.2) is 4.57 Å². The Labute approximate surface area is 168 Å². The number of fused-ring (bicyclic) bond motifs is 6. The maximum absolute atomic E-state index is 6.48. The molecule has 0 saturated carbocycles. The highest BCUT2D eigenvalue weighted by molar-refractivity contribution is 6.20. The van der Waals surface area contributed by atoms with E-state index in [1.165, 1.54) is 37.9 Å². The van der Waals surface area contributed by atoms with Crippen molar-refractivity contribution in [1.29, 1.82) is 0 Å². The van der Waals surface area contributed by atoms with Crippen LogP contribution in [0.1, 0.15) is 5.56 Å². The summed E-state index contributed by atoms with van der Waals surface area (Å²) in [4.78, 5) is 0. The van der Waals surface area contributed by atoms with Crippen molar-refractivity contribution >= 4 is 43.5 Å². The fourth-order valence-corrected chi connectivity index (χ4v) is 4.56. The second-order valence-electron chi connectivity index (χ2n) is 7.79. The normalized spacial score (nSPS) is 11.8. The van der Waals surface area contributed by atoms with Gasteiger partial charge in [0, 0.05) is 22.2 Å². The van der Waals surface area contributed by atoms with Gasteiger partial charge in [-0.2, -0.15) is 0 Å². The van der Waals surface area contributed by atoms with Crippen LogP contribution in [0.15, 0.2) is 89.5 Å².